The Morgan fingerprint density at radius 2 is 1.64 bits per heavy atom. The van der Waals surface area contributed by atoms with Crippen molar-refractivity contribution in [3.8, 4) is 0 Å². The molecule has 2 aromatic rings. The number of halogens is 1. The molecule has 132 valence electrons. The molecule has 0 heterocycles. The van der Waals surface area contributed by atoms with Crippen LogP contribution in [0.1, 0.15) is 34.1 Å². The quantitative estimate of drug-likeness (QED) is 0.805. The van der Waals surface area contributed by atoms with Gasteiger partial charge in [0.05, 0.1) is 15.5 Å². The van der Waals surface area contributed by atoms with Crippen molar-refractivity contribution in [3.63, 3.8) is 0 Å². The maximum absolute atomic E-state index is 12.3. The molecule has 6 nitrogen and oxygen atoms in total. The minimum Gasteiger partial charge on any atom is -0.352 e. The maximum atomic E-state index is 12.3. The fourth-order valence-corrected chi connectivity index (χ4v) is 3.20. The maximum Gasteiger partial charge on any atom is 0.266 e. The van der Waals surface area contributed by atoms with Gasteiger partial charge in [-0.2, -0.15) is 0 Å². The van der Waals surface area contributed by atoms with Crippen molar-refractivity contribution in [3.05, 3.63) is 64.7 Å². The summed E-state index contributed by atoms with van der Waals surface area (Å²) >= 11 is 5.89. The average Bonchev–Trinajstić information content (AvgIpc) is 2.59. The molecular weight excluding hydrogens is 364 g/mol. The lowest BCUT2D eigenvalue weighted by Crippen LogP contribution is -2.31. The lowest BCUT2D eigenvalue weighted by atomic mass is 10.2. The molecule has 0 aliphatic carbocycles. The molecule has 2 amide bonds. The lowest BCUT2D eigenvalue weighted by molar-refractivity contribution is 0.0951. The van der Waals surface area contributed by atoms with Crippen LogP contribution in [-0.2, 0) is 10.0 Å². The third-order valence-electron chi connectivity index (χ3n) is 3.31. The summed E-state index contributed by atoms with van der Waals surface area (Å²) < 4.78 is 26.6. The van der Waals surface area contributed by atoms with Crippen LogP contribution < -0.4 is 10.0 Å². The molecule has 0 bridgehead atoms. The fourth-order valence-electron chi connectivity index (χ4n) is 2.01. The van der Waals surface area contributed by atoms with Gasteiger partial charge >= 0.3 is 0 Å². The van der Waals surface area contributed by atoms with E-state index in [1.165, 1.54) is 36.4 Å². The van der Waals surface area contributed by atoms with Gasteiger partial charge in [0.1, 0.15) is 0 Å². The van der Waals surface area contributed by atoms with Gasteiger partial charge in [0.25, 0.3) is 21.8 Å². The number of sulfonamides is 1. The molecule has 0 saturated heterocycles. The van der Waals surface area contributed by atoms with Crippen molar-refractivity contribution in [2.24, 2.45) is 0 Å². The molecule has 2 rings (SSSR count). The topological polar surface area (TPSA) is 92.3 Å². The molecule has 0 aliphatic heterocycles. The summed E-state index contributed by atoms with van der Waals surface area (Å²) in [7, 11) is -4.07. The second-order valence-corrected chi connectivity index (χ2v) is 7.28. The van der Waals surface area contributed by atoms with E-state index in [9.17, 15) is 18.0 Å². The summed E-state index contributed by atoms with van der Waals surface area (Å²) in [4.78, 5) is 23.8. The van der Waals surface area contributed by atoms with Crippen LogP contribution in [-0.4, -0.2) is 26.8 Å². The van der Waals surface area contributed by atoms with Crippen molar-refractivity contribution in [2.45, 2.75) is 18.2 Å². The molecule has 0 saturated carbocycles. The van der Waals surface area contributed by atoms with E-state index >= 15 is 0 Å². The Labute approximate surface area is 151 Å². The monoisotopic (exact) mass is 380 g/mol. The molecule has 0 spiro atoms. The van der Waals surface area contributed by atoms with Gasteiger partial charge in [0.2, 0.25) is 0 Å². The van der Waals surface area contributed by atoms with Gasteiger partial charge in [-0.1, -0.05) is 30.7 Å². The predicted molar refractivity (Wildman–Crippen MR) is 95.2 cm³/mol. The van der Waals surface area contributed by atoms with Gasteiger partial charge in [-0.25, -0.2) is 13.1 Å². The van der Waals surface area contributed by atoms with E-state index in [1.807, 2.05) is 11.6 Å². The summed E-state index contributed by atoms with van der Waals surface area (Å²) in [5.41, 5.74) is 0.396. The third kappa shape index (κ3) is 4.80. The molecule has 25 heavy (non-hydrogen) atoms. The number of nitrogens with one attached hydrogen (secondary N) is 2. The van der Waals surface area contributed by atoms with Crippen LogP contribution in [0.3, 0.4) is 0 Å². The normalized spacial score (nSPS) is 11.0. The number of hydrogen-bond donors (Lipinski definition) is 2. The first-order chi connectivity index (χ1) is 11.8. The summed E-state index contributed by atoms with van der Waals surface area (Å²) in [5.74, 6) is -1.11. The van der Waals surface area contributed by atoms with Crippen LogP contribution in [0.2, 0.25) is 5.02 Å². The van der Waals surface area contributed by atoms with E-state index in [1.54, 1.807) is 12.1 Å². The van der Waals surface area contributed by atoms with Crippen LogP contribution in [0, 0.1) is 0 Å². The molecule has 2 aromatic carbocycles. The lowest BCUT2D eigenvalue weighted by Gasteiger charge is -2.09. The van der Waals surface area contributed by atoms with Gasteiger partial charge in [-0.15, -0.1) is 0 Å². The zero-order valence-corrected chi connectivity index (χ0v) is 15.0. The molecule has 0 aliphatic rings. The molecule has 0 unspecified atom stereocenters. The predicted octanol–water partition coefficient (Wildman–Crippen LogP) is 2.60. The van der Waals surface area contributed by atoms with Crippen molar-refractivity contribution in [2.75, 3.05) is 6.54 Å². The highest BCUT2D eigenvalue weighted by molar-refractivity contribution is 7.90. The highest BCUT2D eigenvalue weighted by atomic mass is 35.5. The average molecular weight is 381 g/mol. The van der Waals surface area contributed by atoms with E-state index in [0.29, 0.717) is 12.1 Å². The Bertz CT molecular complexity index is 880. The highest BCUT2D eigenvalue weighted by Crippen LogP contribution is 2.16. The van der Waals surface area contributed by atoms with Crippen molar-refractivity contribution in [1.29, 1.82) is 0 Å². The second-order valence-electron chi connectivity index (χ2n) is 5.19. The molecule has 8 heteroatoms. The van der Waals surface area contributed by atoms with Crippen molar-refractivity contribution >= 4 is 33.4 Å². The summed E-state index contributed by atoms with van der Waals surface area (Å²) in [5, 5.41) is 2.85. The van der Waals surface area contributed by atoms with Gasteiger partial charge in [0.15, 0.2) is 0 Å². The first kappa shape index (κ1) is 19.0. The highest BCUT2D eigenvalue weighted by Gasteiger charge is 2.20. The number of benzene rings is 2. The van der Waals surface area contributed by atoms with Crippen LogP contribution in [0.5, 0.6) is 0 Å². The smallest absolute Gasteiger partial charge is 0.266 e. The summed E-state index contributed by atoms with van der Waals surface area (Å²) in [6, 6.07) is 11.4. The Morgan fingerprint density at radius 1 is 1.00 bits per heavy atom. The first-order valence-electron chi connectivity index (χ1n) is 7.55. The number of hydrogen-bond acceptors (Lipinski definition) is 4. The number of amides is 2. The first-order valence-corrected chi connectivity index (χ1v) is 9.41. The van der Waals surface area contributed by atoms with E-state index in [4.69, 9.17) is 11.6 Å². The largest absolute Gasteiger partial charge is 0.352 e. The zero-order valence-electron chi connectivity index (χ0n) is 13.5. The third-order valence-corrected chi connectivity index (χ3v) is 4.98. The molecule has 0 atom stereocenters. The number of carbonyl (C=O) groups is 2. The van der Waals surface area contributed by atoms with Gasteiger partial charge in [-0.3, -0.25) is 9.59 Å². The van der Waals surface area contributed by atoms with Crippen LogP contribution in [0.4, 0.5) is 0 Å². The van der Waals surface area contributed by atoms with Crippen LogP contribution in [0.15, 0.2) is 53.4 Å². The van der Waals surface area contributed by atoms with Gasteiger partial charge in [0, 0.05) is 12.1 Å². The Morgan fingerprint density at radius 3 is 2.24 bits per heavy atom. The summed E-state index contributed by atoms with van der Waals surface area (Å²) in [6.07, 6.45) is 0.798. The van der Waals surface area contributed by atoms with E-state index in [0.717, 1.165) is 6.42 Å². The van der Waals surface area contributed by atoms with Crippen molar-refractivity contribution in [1.82, 2.24) is 10.0 Å². The Balaban J connectivity index is 2.15. The van der Waals surface area contributed by atoms with E-state index < -0.39 is 15.9 Å². The molecule has 0 fully saturated rings. The summed E-state index contributed by atoms with van der Waals surface area (Å²) in [6.45, 7) is 2.46. The second kappa shape index (κ2) is 8.13. The van der Waals surface area contributed by atoms with Gasteiger partial charge in [-0.05, 0) is 42.8 Å². The van der Waals surface area contributed by atoms with Crippen LogP contribution in [0.25, 0.3) is 0 Å². The molecule has 0 aromatic heterocycles. The number of rotatable bonds is 6. The standard InChI is InChI=1S/C17H17ClN2O4S/c1-2-11-19-16(21)12-7-9-13(10-8-12)25(23,24)20-17(22)14-5-3-4-6-15(14)18/h3-10H,2,11H2,1H3,(H,19,21)(H,20,22). The van der Waals surface area contributed by atoms with E-state index in [2.05, 4.69) is 5.32 Å². The molecule has 2 N–H and O–H groups in total. The minimum atomic E-state index is -4.07. The zero-order chi connectivity index (χ0) is 18.4. The minimum absolute atomic E-state index is 0.0586. The molecule has 0 radical (unpaired) electrons. The Hall–Kier alpha value is -2.38. The number of carbonyl (C=O) groups excluding carboxylic acids is 2. The van der Waals surface area contributed by atoms with E-state index in [-0.39, 0.29) is 21.4 Å². The SMILES string of the molecule is CCCNC(=O)c1ccc(S(=O)(=O)NC(=O)c2ccccc2Cl)cc1. The van der Waals surface area contributed by atoms with Gasteiger partial charge < -0.3 is 5.32 Å². The van der Waals surface area contributed by atoms with Crippen molar-refractivity contribution < 1.29 is 18.0 Å². The van der Waals surface area contributed by atoms with Crippen LogP contribution >= 0.6 is 11.6 Å². The fraction of sp³-hybridized carbons (Fsp3) is 0.176. The Kier molecular flexibility index (Phi) is 6.17. The molecular formula is C17H17ClN2O4S.